The highest BCUT2D eigenvalue weighted by molar-refractivity contribution is 6.06. The molecule has 0 aliphatic rings. The van der Waals surface area contributed by atoms with Gasteiger partial charge in [-0.3, -0.25) is 9.59 Å². The molecule has 2 aromatic carbocycles. The number of amides is 2. The maximum absolute atomic E-state index is 12.7. The van der Waals surface area contributed by atoms with Gasteiger partial charge in [0.05, 0.1) is 6.26 Å². The van der Waals surface area contributed by atoms with Crippen LogP contribution in [0.5, 0.6) is 0 Å². The molecule has 0 atom stereocenters. The van der Waals surface area contributed by atoms with Crippen molar-refractivity contribution in [1.29, 1.82) is 0 Å². The van der Waals surface area contributed by atoms with Gasteiger partial charge in [0.1, 0.15) is 5.76 Å². The molecule has 0 bridgehead atoms. The molecule has 0 radical (unpaired) electrons. The van der Waals surface area contributed by atoms with Gasteiger partial charge in [-0.15, -0.1) is 0 Å². The lowest BCUT2D eigenvalue weighted by Crippen LogP contribution is -2.15. The topological polar surface area (TPSA) is 71.3 Å². The number of furan rings is 1. The van der Waals surface area contributed by atoms with E-state index in [-0.39, 0.29) is 11.8 Å². The van der Waals surface area contributed by atoms with Crippen molar-refractivity contribution in [3.8, 4) is 0 Å². The quantitative estimate of drug-likeness (QED) is 0.539. The Morgan fingerprint density at radius 2 is 1.59 bits per heavy atom. The number of para-hydroxylation sites is 1. The normalized spacial score (nSPS) is 10.8. The zero-order chi connectivity index (χ0) is 20.6. The van der Waals surface area contributed by atoms with Gasteiger partial charge in [0.2, 0.25) is 5.91 Å². The van der Waals surface area contributed by atoms with E-state index in [1.54, 1.807) is 48.7 Å². The first kappa shape index (κ1) is 20.1. The van der Waals surface area contributed by atoms with Crippen LogP contribution in [-0.2, 0) is 17.6 Å². The summed E-state index contributed by atoms with van der Waals surface area (Å²) < 4.78 is 5.15. The van der Waals surface area contributed by atoms with E-state index in [9.17, 15) is 9.59 Å². The number of hydrogen-bond acceptors (Lipinski definition) is 3. The van der Waals surface area contributed by atoms with Crippen molar-refractivity contribution in [3.63, 3.8) is 0 Å². The third-order valence-corrected chi connectivity index (χ3v) is 4.59. The first-order valence-corrected chi connectivity index (χ1v) is 9.65. The fraction of sp³-hybridized carbons (Fsp3) is 0.167. The Morgan fingerprint density at radius 1 is 0.897 bits per heavy atom. The maximum Gasteiger partial charge on any atom is 0.255 e. The highest BCUT2D eigenvalue weighted by Gasteiger charge is 2.12. The lowest BCUT2D eigenvalue weighted by molar-refractivity contribution is -0.111. The van der Waals surface area contributed by atoms with Crippen molar-refractivity contribution in [1.82, 2.24) is 0 Å². The van der Waals surface area contributed by atoms with Gasteiger partial charge in [0.15, 0.2) is 0 Å². The standard InChI is InChI=1S/C24H24N2O3/c1-3-17-7-5-8-18(4-2)23(17)26-24(28)19-10-12-20(13-11-19)25-22(27)15-14-21-9-6-16-29-21/h5-16H,3-4H2,1-2H3,(H,25,27)(H,26,28)/b15-14+. The van der Waals surface area contributed by atoms with Crippen LogP contribution in [0.1, 0.15) is 41.1 Å². The third kappa shape index (κ3) is 5.23. The van der Waals surface area contributed by atoms with Crippen LogP contribution >= 0.6 is 0 Å². The average Bonchev–Trinajstić information content (AvgIpc) is 3.26. The van der Waals surface area contributed by atoms with Crippen molar-refractivity contribution in [2.24, 2.45) is 0 Å². The number of carbonyl (C=O) groups excluding carboxylic acids is 2. The maximum atomic E-state index is 12.7. The van der Waals surface area contributed by atoms with E-state index < -0.39 is 0 Å². The van der Waals surface area contributed by atoms with Crippen LogP contribution < -0.4 is 10.6 Å². The largest absolute Gasteiger partial charge is 0.465 e. The molecular formula is C24H24N2O3. The summed E-state index contributed by atoms with van der Waals surface area (Å²) in [6, 6.07) is 16.4. The van der Waals surface area contributed by atoms with Gasteiger partial charge in [-0.05, 0) is 66.4 Å². The Kier molecular flexibility index (Phi) is 6.63. The molecule has 3 rings (SSSR count). The second-order valence-electron chi connectivity index (χ2n) is 6.53. The molecule has 2 N–H and O–H groups in total. The minimum Gasteiger partial charge on any atom is -0.465 e. The summed E-state index contributed by atoms with van der Waals surface area (Å²) in [7, 11) is 0. The molecule has 0 fully saturated rings. The number of nitrogens with one attached hydrogen (secondary N) is 2. The molecule has 148 valence electrons. The summed E-state index contributed by atoms with van der Waals surface area (Å²) in [5.74, 6) is 0.158. The lowest BCUT2D eigenvalue weighted by atomic mass is 10.0. The number of anilines is 2. The number of aryl methyl sites for hydroxylation is 2. The molecule has 0 aliphatic heterocycles. The van der Waals surface area contributed by atoms with Gasteiger partial charge in [-0.25, -0.2) is 0 Å². The number of carbonyl (C=O) groups is 2. The van der Waals surface area contributed by atoms with Gasteiger partial charge in [-0.1, -0.05) is 32.0 Å². The van der Waals surface area contributed by atoms with E-state index in [1.165, 1.54) is 6.08 Å². The first-order valence-electron chi connectivity index (χ1n) is 9.65. The Balaban J connectivity index is 1.66. The van der Waals surface area contributed by atoms with Gasteiger partial charge in [0.25, 0.3) is 5.91 Å². The van der Waals surface area contributed by atoms with E-state index in [0.717, 1.165) is 29.7 Å². The van der Waals surface area contributed by atoms with Gasteiger partial charge < -0.3 is 15.1 Å². The molecule has 2 amide bonds. The monoisotopic (exact) mass is 388 g/mol. The van der Waals surface area contributed by atoms with Gasteiger partial charge >= 0.3 is 0 Å². The molecule has 5 heteroatoms. The zero-order valence-corrected chi connectivity index (χ0v) is 16.6. The average molecular weight is 388 g/mol. The second-order valence-corrected chi connectivity index (χ2v) is 6.53. The van der Waals surface area contributed by atoms with E-state index >= 15 is 0 Å². The van der Waals surface area contributed by atoms with Crippen molar-refractivity contribution >= 4 is 29.3 Å². The highest BCUT2D eigenvalue weighted by atomic mass is 16.3. The van der Waals surface area contributed by atoms with Crippen LogP contribution in [0, 0.1) is 0 Å². The van der Waals surface area contributed by atoms with Crippen molar-refractivity contribution in [2.75, 3.05) is 10.6 Å². The molecular weight excluding hydrogens is 364 g/mol. The SMILES string of the molecule is CCc1cccc(CC)c1NC(=O)c1ccc(NC(=O)/C=C/c2ccco2)cc1. The Hall–Kier alpha value is -3.60. The minimum absolute atomic E-state index is 0.170. The van der Waals surface area contributed by atoms with Crippen LogP contribution in [0.3, 0.4) is 0 Å². The summed E-state index contributed by atoms with van der Waals surface area (Å²) in [6.07, 6.45) is 6.23. The fourth-order valence-electron chi connectivity index (χ4n) is 3.02. The Labute approximate surface area is 170 Å². The van der Waals surface area contributed by atoms with Crippen LogP contribution in [0.25, 0.3) is 6.08 Å². The summed E-state index contributed by atoms with van der Waals surface area (Å²) >= 11 is 0. The molecule has 3 aromatic rings. The molecule has 29 heavy (non-hydrogen) atoms. The van der Waals surface area contributed by atoms with Crippen LogP contribution in [0.15, 0.2) is 71.4 Å². The lowest BCUT2D eigenvalue weighted by Gasteiger charge is -2.14. The smallest absolute Gasteiger partial charge is 0.255 e. The van der Waals surface area contributed by atoms with Crippen LogP contribution in [-0.4, -0.2) is 11.8 Å². The molecule has 0 unspecified atom stereocenters. The number of benzene rings is 2. The van der Waals surface area contributed by atoms with Crippen molar-refractivity contribution in [2.45, 2.75) is 26.7 Å². The molecule has 0 saturated carbocycles. The molecule has 1 heterocycles. The second kappa shape index (κ2) is 9.55. The molecule has 5 nitrogen and oxygen atoms in total. The zero-order valence-electron chi connectivity index (χ0n) is 16.6. The van der Waals surface area contributed by atoms with E-state index in [0.29, 0.717) is 17.0 Å². The Morgan fingerprint density at radius 3 is 2.17 bits per heavy atom. The summed E-state index contributed by atoms with van der Waals surface area (Å²) in [4.78, 5) is 24.7. The predicted octanol–water partition coefficient (Wildman–Crippen LogP) is 5.31. The van der Waals surface area contributed by atoms with Gasteiger partial charge in [0, 0.05) is 23.0 Å². The summed E-state index contributed by atoms with van der Waals surface area (Å²) in [5.41, 5.74) is 4.26. The van der Waals surface area contributed by atoms with Crippen molar-refractivity contribution < 1.29 is 14.0 Å². The first-order chi connectivity index (χ1) is 14.1. The summed E-state index contributed by atoms with van der Waals surface area (Å²) in [6.45, 7) is 4.14. The predicted molar refractivity (Wildman–Crippen MR) is 116 cm³/mol. The molecule has 0 saturated heterocycles. The van der Waals surface area contributed by atoms with Crippen LogP contribution in [0.4, 0.5) is 11.4 Å². The van der Waals surface area contributed by atoms with Gasteiger partial charge in [-0.2, -0.15) is 0 Å². The van der Waals surface area contributed by atoms with Crippen molar-refractivity contribution in [3.05, 3.63) is 89.4 Å². The number of rotatable bonds is 7. The van der Waals surface area contributed by atoms with E-state index in [1.807, 2.05) is 18.2 Å². The molecule has 1 aromatic heterocycles. The highest BCUT2D eigenvalue weighted by Crippen LogP contribution is 2.23. The molecule has 0 spiro atoms. The summed E-state index contributed by atoms with van der Waals surface area (Å²) in [5, 5.41) is 5.80. The third-order valence-electron chi connectivity index (χ3n) is 4.59. The Bertz CT molecular complexity index is 981. The van der Waals surface area contributed by atoms with E-state index in [4.69, 9.17) is 4.42 Å². The number of hydrogen-bond donors (Lipinski definition) is 2. The van der Waals surface area contributed by atoms with E-state index in [2.05, 4.69) is 24.5 Å². The minimum atomic E-state index is -0.275. The van der Waals surface area contributed by atoms with Crippen LogP contribution in [0.2, 0.25) is 0 Å². The molecule has 0 aliphatic carbocycles. The fourth-order valence-corrected chi connectivity index (χ4v) is 3.02.